The van der Waals surface area contributed by atoms with Gasteiger partial charge in [0.15, 0.2) is 5.76 Å². The van der Waals surface area contributed by atoms with Gasteiger partial charge in [0.1, 0.15) is 5.58 Å². The van der Waals surface area contributed by atoms with Crippen LogP contribution in [0.3, 0.4) is 0 Å². The van der Waals surface area contributed by atoms with Crippen LogP contribution in [0.15, 0.2) is 52.3 Å². The first-order valence-corrected chi connectivity index (χ1v) is 9.09. The lowest BCUT2D eigenvalue weighted by atomic mass is 10.2. The van der Waals surface area contributed by atoms with Crippen molar-refractivity contribution in [3.8, 4) is 0 Å². The predicted octanol–water partition coefficient (Wildman–Crippen LogP) is 4.32. The minimum absolute atomic E-state index is 0.0740. The number of benzene rings is 1. The van der Waals surface area contributed by atoms with Crippen molar-refractivity contribution in [1.29, 1.82) is 0 Å². The van der Waals surface area contributed by atoms with E-state index in [1.165, 1.54) is 0 Å². The van der Waals surface area contributed by atoms with E-state index >= 15 is 0 Å². The lowest BCUT2D eigenvalue weighted by Gasteiger charge is -2.24. The van der Waals surface area contributed by atoms with Crippen LogP contribution in [0.4, 0.5) is 0 Å². The first-order valence-electron chi connectivity index (χ1n) is 8.21. The first kappa shape index (κ1) is 15.4. The number of rotatable bonds is 5. The fourth-order valence-corrected chi connectivity index (χ4v) is 3.81. The molecule has 0 saturated carbocycles. The van der Waals surface area contributed by atoms with E-state index < -0.39 is 0 Å². The highest BCUT2D eigenvalue weighted by atomic mass is 32.1. The molecule has 1 fully saturated rings. The van der Waals surface area contributed by atoms with Crippen LogP contribution in [-0.4, -0.2) is 30.1 Å². The molecule has 3 heterocycles. The van der Waals surface area contributed by atoms with Gasteiger partial charge in [-0.25, -0.2) is 0 Å². The number of thiophene rings is 1. The maximum absolute atomic E-state index is 13.0. The number of amides is 1. The fraction of sp³-hybridized carbons (Fsp3) is 0.316. The molecule has 1 amide bonds. The zero-order chi connectivity index (χ0) is 16.4. The summed E-state index contributed by atoms with van der Waals surface area (Å²) in [5.41, 5.74) is 0.744. The summed E-state index contributed by atoms with van der Waals surface area (Å²) in [6, 6.07) is 13.6. The van der Waals surface area contributed by atoms with Crippen molar-refractivity contribution in [3.05, 3.63) is 58.5 Å². The van der Waals surface area contributed by atoms with Crippen molar-refractivity contribution in [3.63, 3.8) is 0 Å². The molecule has 0 bridgehead atoms. The summed E-state index contributed by atoms with van der Waals surface area (Å²) in [5, 5.41) is 2.99. The van der Waals surface area contributed by atoms with Gasteiger partial charge in [-0.3, -0.25) is 4.79 Å². The van der Waals surface area contributed by atoms with Crippen molar-refractivity contribution in [1.82, 2.24) is 4.90 Å². The average Bonchev–Trinajstić information content (AvgIpc) is 3.34. The van der Waals surface area contributed by atoms with Gasteiger partial charge in [-0.1, -0.05) is 24.3 Å². The molecule has 24 heavy (non-hydrogen) atoms. The monoisotopic (exact) mass is 341 g/mol. The number of furan rings is 1. The third-order valence-corrected chi connectivity index (χ3v) is 5.16. The summed E-state index contributed by atoms with van der Waals surface area (Å²) in [5.74, 6) is 0.320. The van der Waals surface area contributed by atoms with Gasteiger partial charge >= 0.3 is 0 Å². The van der Waals surface area contributed by atoms with Crippen LogP contribution in [-0.2, 0) is 11.3 Å². The number of hydrogen-bond acceptors (Lipinski definition) is 4. The van der Waals surface area contributed by atoms with E-state index in [1.54, 1.807) is 11.3 Å². The molecule has 124 valence electrons. The quantitative estimate of drug-likeness (QED) is 0.694. The molecule has 1 saturated heterocycles. The van der Waals surface area contributed by atoms with Crippen molar-refractivity contribution in [2.45, 2.75) is 25.5 Å². The van der Waals surface area contributed by atoms with Gasteiger partial charge < -0.3 is 14.1 Å². The summed E-state index contributed by atoms with van der Waals surface area (Å²) in [6.45, 7) is 1.98. The molecule has 1 aromatic carbocycles. The minimum Gasteiger partial charge on any atom is -0.451 e. The van der Waals surface area contributed by atoms with Gasteiger partial charge in [0.2, 0.25) is 0 Å². The van der Waals surface area contributed by atoms with Gasteiger partial charge in [0, 0.05) is 23.4 Å². The second-order valence-corrected chi connectivity index (χ2v) is 7.08. The van der Waals surface area contributed by atoms with Crippen LogP contribution >= 0.6 is 11.3 Å². The van der Waals surface area contributed by atoms with Crippen LogP contribution in [0, 0.1) is 0 Å². The van der Waals surface area contributed by atoms with E-state index in [9.17, 15) is 4.79 Å². The normalized spacial score (nSPS) is 17.4. The SMILES string of the molecule is O=C(c1cc2ccccc2o1)N(Cc1cccs1)CC1CCCO1. The molecule has 4 rings (SSSR count). The highest BCUT2D eigenvalue weighted by molar-refractivity contribution is 7.09. The van der Waals surface area contributed by atoms with Crippen molar-refractivity contribution >= 4 is 28.2 Å². The molecular formula is C19H19NO3S. The Morgan fingerprint density at radius 2 is 2.17 bits per heavy atom. The van der Waals surface area contributed by atoms with E-state index in [1.807, 2.05) is 46.7 Å². The number of carbonyl (C=O) groups excluding carboxylic acids is 1. The first-order chi connectivity index (χ1) is 11.8. The standard InChI is InChI=1S/C19H19NO3S/c21-19(18-11-14-5-1-2-8-17(14)23-18)20(12-15-6-3-9-22-15)13-16-7-4-10-24-16/h1-2,4-5,7-8,10-11,15H,3,6,9,12-13H2. The lowest BCUT2D eigenvalue weighted by molar-refractivity contribution is 0.0488. The van der Waals surface area contributed by atoms with Crippen LogP contribution in [0.25, 0.3) is 11.0 Å². The number of hydrogen-bond donors (Lipinski definition) is 0. The summed E-state index contributed by atoms with van der Waals surface area (Å²) < 4.78 is 11.5. The summed E-state index contributed by atoms with van der Waals surface area (Å²) >= 11 is 1.66. The van der Waals surface area contributed by atoms with Crippen LogP contribution in [0.1, 0.15) is 28.3 Å². The molecule has 2 aromatic heterocycles. The van der Waals surface area contributed by atoms with Gasteiger partial charge in [-0.05, 0) is 36.4 Å². The minimum atomic E-state index is -0.0740. The molecule has 0 radical (unpaired) electrons. The highest BCUT2D eigenvalue weighted by Gasteiger charge is 2.25. The molecule has 5 heteroatoms. The summed E-state index contributed by atoms with van der Waals surface area (Å²) in [6.07, 6.45) is 2.20. The van der Waals surface area contributed by atoms with Crippen LogP contribution < -0.4 is 0 Å². The van der Waals surface area contributed by atoms with E-state index in [0.717, 1.165) is 35.3 Å². The summed E-state index contributed by atoms with van der Waals surface area (Å²) in [4.78, 5) is 16.0. The fourth-order valence-electron chi connectivity index (χ4n) is 3.09. The Labute approximate surface area is 144 Å². The molecular weight excluding hydrogens is 322 g/mol. The Balaban J connectivity index is 1.59. The van der Waals surface area contributed by atoms with Crippen molar-refractivity contribution in [2.24, 2.45) is 0 Å². The topological polar surface area (TPSA) is 42.7 Å². The number of ether oxygens (including phenoxy) is 1. The molecule has 1 aliphatic rings. The zero-order valence-electron chi connectivity index (χ0n) is 13.3. The number of para-hydroxylation sites is 1. The molecule has 1 aliphatic heterocycles. The molecule has 0 N–H and O–H groups in total. The van der Waals surface area contributed by atoms with Gasteiger partial charge in [-0.15, -0.1) is 11.3 Å². The van der Waals surface area contributed by atoms with Crippen molar-refractivity contribution in [2.75, 3.05) is 13.2 Å². The van der Waals surface area contributed by atoms with Crippen molar-refractivity contribution < 1.29 is 13.9 Å². The zero-order valence-corrected chi connectivity index (χ0v) is 14.1. The number of carbonyl (C=O) groups is 1. The third kappa shape index (κ3) is 3.23. The third-order valence-electron chi connectivity index (χ3n) is 4.30. The second-order valence-electron chi connectivity index (χ2n) is 6.05. The van der Waals surface area contributed by atoms with E-state index in [2.05, 4.69) is 6.07 Å². The Morgan fingerprint density at radius 3 is 2.92 bits per heavy atom. The lowest BCUT2D eigenvalue weighted by Crippen LogP contribution is -2.36. The Bertz CT molecular complexity index is 785. The van der Waals surface area contributed by atoms with E-state index in [-0.39, 0.29) is 12.0 Å². The Kier molecular flexibility index (Phi) is 4.36. The number of nitrogens with zero attached hydrogens (tertiary/aromatic N) is 1. The molecule has 1 unspecified atom stereocenters. The van der Waals surface area contributed by atoms with Gasteiger partial charge in [-0.2, -0.15) is 0 Å². The molecule has 0 aliphatic carbocycles. The maximum atomic E-state index is 13.0. The smallest absolute Gasteiger partial charge is 0.290 e. The highest BCUT2D eigenvalue weighted by Crippen LogP contribution is 2.23. The van der Waals surface area contributed by atoms with Gasteiger partial charge in [0.25, 0.3) is 5.91 Å². The largest absolute Gasteiger partial charge is 0.451 e. The second kappa shape index (κ2) is 6.79. The van der Waals surface area contributed by atoms with E-state index in [4.69, 9.17) is 9.15 Å². The molecule has 0 spiro atoms. The Morgan fingerprint density at radius 1 is 1.25 bits per heavy atom. The number of fused-ring (bicyclic) bond motifs is 1. The van der Waals surface area contributed by atoms with Crippen LogP contribution in [0.2, 0.25) is 0 Å². The summed E-state index contributed by atoms with van der Waals surface area (Å²) in [7, 11) is 0. The van der Waals surface area contributed by atoms with Crippen LogP contribution in [0.5, 0.6) is 0 Å². The molecule has 3 aromatic rings. The van der Waals surface area contributed by atoms with Gasteiger partial charge in [0.05, 0.1) is 12.6 Å². The maximum Gasteiger partial charge on any atom is 0.290 e. The average molecular weight is 341 g/mol. The predicted molar refractivity (Wildman–Crippen MR) is 94.2 cm³/mol. The van der Waals surface area contributed by atoms with E-state index in [0.29, 0.717) is 18.8 Å². The Hall–Kier alpha value is -2.11. The molecule has 1 atom stereocenters. The molecule has 4 nitrogen and oxygen atoms in total.